The summed E-state index contributed by atoms with van der Waals surface area (Å²) in [6, 6.07) is 6.87. The molecule has 2 saturated heterocycles. The summed E-state index contributed by atoms with van der Waals surface area (Å²) in [6.07, 6.45) is 2.49. The quantitative estimate of drug-likeness (QED) is 0.801. The minimum atomic E-state index is -0.290. The second kappa shape index (κ2) is 6.71. The molecular weight excluding hydrogens is 292 g/mol. The Labute approximate surface area is 137 Å². The molecule has 0 bridgehead atoms. The first kappa shape index (κ1) is 16.0. The number of ether oxygens (including phenoxy) is 1. The van der Waals surface area contributed by atoms with Crippen molar-refractivity contribution < 1.29 is 14.3 Å². The van der Waals surface area contributed by atoms with Crippen molar-refractivity contribution in [2.75, 3.05) is 24.6 Å². The average Bonchev–Trinajstić information content (AvgIpc) is 2.84. The molecular formula is C18H24N2O3. The molecule has 0 N–H and O–H groups in total. The van der Waals surface area contributed by atoms with Crippen LogP contribution in [0.1, 0.15) is 33.1 Å². The maximum absolute atomic E-state index is 12.7. The van der Waals surface area contributed by atoms with E-state index in [-0.39, 0.29) is 17.9 Å². The zero-order chi connectivity index (χ0) is 16.4. The van der Waals surface area contributed by atoms with Crippen LogP contribution in [0, 0.1) is 5.92 Å². The molecule has 1 atom stereocenters. The molecule has 2 amide bonds. The van der Waals surface area contributed by atoms with Crippen molar-refractivity contribution in [1.29, 1.82) is 0 Å². The first-order valence-corrected chi connectivity index (χ1v) is 8.44. The molecule has 5 nitrogen and oxygen atoms in total. The number of carbonyl (C=O) groups excluding carboxylic acids is 2. The number of likely N-dealkylation sites (tertiary alicyclic amines) is 1. The topological polar surface area (TPSA) is 49.9 Å². The van der Waals surface area contributed by atoms with Crippen LogP contribution in [-0.4, -0.2) is 42.5 Å². The molecule has 124 valence electrons. The van der Waals surface area contributed by atoms with Gasteiger partial charge in [0, 0.05) is 0 Å². The van der Waals surface area contributed by atoms with Gasteiger partial charge < -0.3 is 4.74 Å². The standard InChI is InChI=1S/C18H24N2O3/c1-3-23-15-6-4-14(5-7-15)20-17(21)12-16(18(20)22)19-10-8-13(2)9-11-19/h4-7,13,16H,3,8-12H2,1-2H3. The Hall–Kier alpha value is -1.88. The highest BCUT2D eigenvalue weighted by Crippen LogP contribution is 2.29. The number of hydrogen-bond acceptors (Lipinski definition) is 4. The van der Waals surface area contributed by atoms with Crippen LogP contribution in [0.5, 0.6) is 5.75 Å². The summed E-state index contributed by atoms with van der Waals surface area (Å²) < 4.78 is 5.41. The molecule has 2 heterocycles. The third-order valence-corrected chi connectivity index (χ3v) is 4.79. The summed E-state index contributed by atoms with van der Waals surface area (Å²) in [7, 11) is 0. The Kier molecular flexibility index (Phi) is 4.66. The highest BCUT2D eigenvalue weighted by Gasteiger charge is 2.43. The van der Waals surface area contributed by atoms with E-state index in [0.717, 1.165) is 31.7 Å². The second-order valence-electron chi connectivity index (χ2n) is 6.43. The lowest BCUT2D eigenvalue weighted by Crippen LogP contribution is -2.45. The van der Waals surface area contributed by atoms with E-state index in [2.05, 4.69) is 11.8 Å². The van der Waals surface area contributed by atoms with Crippen LogP contribution >= 0.6 is 0 Å². The SMILES string of the molecule is CCOc1ccc(N2C(=O)CC(N3CCC(C)CC3)C2=O)cc1. The van der Waals surface area contributed by atoms with Gasteiger partial charge in [-0.05, 0) is 63.0 Å². The number of rotatable bonds is 4. The van der Waals surface area contributed by atoms with E-state index < -0.39 is 0 Å². The van der Waals surface area contributed by atoms with Gasteiger partial charge in [0.25, 0.3) is 5.91 Å². The van der Waals surface area contributed by atoms with E-state index in [9.17, 15) is 9.59 Å². The summed E-state index contributed by atoms with van der Waals surface area (Å²) in [6.45, 7) is 6.57. The van der Waals surface area contributed by atoms with Gasteiger partial charge in [-0.1, -0.05) is 6.92 Å². The molecule has 0 aromatic heterocycles. The maximum Gasteiger partial charge on any atom is 0.251 e. The number of anilines is 1. The Morgan fingerprint density at radius 1 is 1.13 bits per heavy atom. The number of imide groups is 1. The van der Waals surface area contributed by atoms with Gasteiger partial charge in [-0.2, -0.15) is 0 Å². The highest BCUT2D eigenvalue weighted by molar-refractivity contribution is 6.22. The maximum atomic E-state index is 12.7. The Morgan fingerprint density at radius 2 is 1.78 bits per heavy atom. The lowest BCUT2D eigenvalue weighted by molar-refractivity contribution is -0.123. The number of amides is 2. The number of nitrogens with zero attached hydrogens (tertiary/aromatic N) is 2. The minimum Gasteiger partial charge on any atom is -0.494 e. The lowest BCUT2D eigenvalue weighted by atomic mass is 9.97. The molecule has 0 saturated carbocycles. The van der Waals surface area contributed by atoms with E-state index in [1.165, 1.54) is 4.90 Å². The largest absolute Gasteiger partial charge is 0.494 e. The first-order valence-electron chi connectivity index (χ1n) is 8.44. The fraction of sp³-hybridized carbons (Fsp3) is 0.556. The Morgan fingerprint density at radius 3 is 2.39 bits per heavy atom. The van der Waals surface area contributed by atoms with Crippen LogP contribution < -0.4 is 9.64 Å². The van der Waals surface area contributed by atoms with Crippen LogP contribution in [-0.2, 0) is 9.59 Å². The van der Waals surface area contributed by atoms with E-state index in [1.807, 2.05) is 6.92 Å². The lowest BCUT2D eigenvalue weighted by Gasteiger charge is -2.33. The normalized spacial score (nSPS) is 23.6. The van der Waals surface area contributed by atoms with Crippen molar-refractivity contribution in [2.24, 2.45) is 5.92 Å². The Bertz CT molecular complexity index is 576. The summed E-state index contributed by atoms with van der Waals surface area (Å²) in [4.78, 5) is 28.6. The molecule has 0 radical (unpaired) electrons. The molecule has 3 rings (SSSR count). The van der Waals surface area contributed by atoms with E-state index >= 15 is 0 Å². The minimum absolute atomic E-state index is 0.0892. The molecule has 1 unspecified atom stereocenters. The van der Waals surface area contributed by atoms with Crippen LogP contribution in [0.25, 0.3) is 0 Å². The fourth-order valence-electron chi connectivity index (χ4n) is 3.37. The van der Waals surface area contributed by atoms with Crippen LogP contribution in [0.2, 0.25) is 0 Å². The zero-order valence-corrected chi connectivity index (χ0v) is 13.8. The summed E-state index contributed by atoms with van der Waals surface area (Å²) in [5, 5.41) is 0. The predicted molar refractivity (Wildman–Crippen MR) is 88.5 cm³/mol. The number of benzene rings is 1. The van der Waals surface area contributed by atoms with Gasteiger partial charge in [0.2, 0.25) is 5.91 Å². The van der Waals surface area contributed by atoms with E-state index in [1.54, 1.807) is 24.3 Å². The van der Waals surface area contributed by atoms with Gasteiger partial charge in [-0.15, -0.1) is 0 Å². The molecule has 5 heteroatoms. The van der Waals surface area contributed by atoms with Crippen LogP contribution in [0.4, 0.5) is 5.69 Å². The van der Waals surface area contributed by atoms with Crippen molar-refractivity contribution in [2.45, 2.75) is 39.2 Å². The highest BCUT2D eigenvalue weighted by atomic mass is 16.5. The third kappa shape index (κ3) is 3.24. The molecule has 1 aromatic carbocycles. The molecule has 2 aliphatic heterocycles. The summed E-state index contributed by atoms with van der Waals surface area (Å²) in [5.41, 5.74) is 0.635. The first-order chi connectivity index (χ1) is 11.1. The molecule has 0 spiro atoms. The second-order valence-corrected chi connectivity index (χ2v) is 6.43. The molecule has 0 aliphatic carbocycles. The van der Waals surface area contributed by atoms with Gasteiger partial charge in [0.15, 0.2) is 0 Å². The van der Waals surface area contributed by atoms with Crippen molar-refractivity contribution in [1.82, 2.24) is 4.90 Å². The summed E-state index contributed by atoms with van der Waals surface area (Å²) >= 11 is 0. The van der Waals surface area contributed by atoms with Crippen molar-refractivity contribution >= 4 is 17.5 Å². The van der Waals surface area contributed by atoms with Crippen molar-refractivity contribution in [3.63, 3.8) is 0 Å². The zero-order valence-electron chi connectivity index (χ0n) is 13.8. The van der Waals surface area contributed by atoms with Crippen molar-refractivity contribution in [3.05, 3.63) is 24.3 Å². The number of piperidine rings is 1. The van der Waals surface area contributed by atoms with Gasteiger partial charge in [-0.3, -0.25) is 14.5 Å². The molecule has 2 aliphatic rings. The third-order valence-electron chi connectivity index (χ3n) is 4.79. The smallest absolute Gasteiger partial charge is 0.251 e. The van der Waals surface area contributed by atoms with Gasteiger partial charge >= 0.3 is 0 Å². The summed E-state index contributed by atoms with van der Waals surface area (Å²) in [5.74, 6) is 1.26. The van der Waals surface area contributed by atoms with E-state index in [4.69, 9.17) is 4.74 Å². The Balaban J connectivity index is 1.73. The molecule has 23 heavy (non-hydrogen) atoms. The predicted octanol–water partition coefficient (Wildman–Crippen LogP) is 2.45. The van der Waals surface area contributed by atoms with Crippen LogP contribution in [0.15, 0.2) is 24.3 Å². The van der Waals surface area contributed by atoms with Crippen LogP contribution in [0.3, 0.4) is 0 Å². The fourth-order valence-corrected chi connectivity index (χ4v) is 3.37. The molecule has 1 aromatic rings. The van der Waals surface area contributed by atoms with Gasteiger partial charge in [0.1, 0.15) is 5.75 Å². The average molecular weight is 316 g/mol. The van der Waals surface area contributed by atoms with Gasteiger partial charge in [-0.25, -0.2) is 4.90 Å². The molecule has 2 fully saturated rings. The number of hydrogen-bond donors (Lipinski definition) is 0. The van der Waals surface area contributed by atoms with E-state index in [0.29, 0.717) is 24.6 Å². The monoisotopic (exact) mass is 316 g/mol. The number of carbonyl (C=O) groups is 2. The van der Waals surface area contributed by atoms with Gasteiger partial charge in [0.05, 0.1) is 24.8 Å². The van der Waals surface area contributed by atoms with Crippen molar-refractivity contribution in [3.8, 4) is 5.75 Å².